The van der Waals surface area contributed by atoms with Crippen LogP contribution >= 0.6 is 0 Å². The molecule has 1 aromatic carbocycles. The molecule has 0 aliphatic carbocycles. The number of aliphatic hydroxyl groups excluding tert-OH is 2. The molecule has 20 heavy (non-hydrogen) atoms. The first kappa shape index (κ1) is 14.6. The monoisotopic (exact) mass is 277 g/mol. The lowest BCUT2D eigenvalue weighted by atomic mass is 10.0. The van der Waals surface area contributed by atoms with E-state index in [4.69, 9.17) is 4.74 Å². The van der Waals surface area contributed by atoms with Gasteiger partial charge in [-0.3, -0.25) is 0 Å². The summed E-state index contributed by atoms with van der Waals surface area (Å²) in [6.07, 6.45) is 2.63. The first-order valence-corrected chi connectivity index (χ1v) is 6.45. The number of rotatable bonds is 0. The Balaban J connectivity index is 2.31. The molecule has 5 nitrogen and oxygen atoms in total. The standard InChI is InChI=1S/C15H17O5/c16-11-5-1-3-10-4-2-6-13(18)14(10)15(19)20-8-7-12(17)9-11/h1-4,6,8,11-12,16-18H,5,7,9H2/b3-1-. The largest absolute Gasteiger partial charge is 0.507 e. The molecule has 1 heterocycles. The molecule has 1 aliphatic heterocycles. The number of carbonyl (C=O) groups excluding carboxylic acids is 1. The fourth-order valence-corrected chi connectivity index (χ4v) is 2.07. The Morgan fingerprint density at radius 1 is 1.15 bits per heavy atom. The lowest BCUT2D eigenvalue weighted by Gasteiger charge is -2.15. The quantitative estimate of drug-likeness (QED) is 0.627. The van der Waals surface area contributed by atoms with Crippen molar-refractivity contribution in [3.63, 3.8) is 0 Å². The maximum absolute atomic E-state index is 11.9. The molecule has 0 bridgehead atoms. The number of ether oxygens (including phenoxy) is 1. The first-order valence-electron chi connectivity index (χ1n) is 6.45. The van der Waals surface area contributed by atoms with Gasteiger partial charge in [-0.1, -0.05) is 24.3 Å². The Bertz CT molecular complexity index is 509. The highest BCUT2D eigenvalue weighted by Crippen LogP contribution is 2.24. The zero-order chi connectivity index (χ0) is 14.5. The summed E-state index contributed by atoms with van der Waals surface area (Å²) in [4.78, 5) is 11.9. The summed E-state index contributed by atoms with van der Waals surface area (Å²) >= 11 is 0. The lowest BCUT2D eigenvalue weighted by Crippen LogP contribution is -2.18. The van der Waals surface area contributed by atoms with Crippen LogP contribution in [0.4, 0.5) is 0 Å². The fourth-order valence-electron chi connectivity index (χ4n) is 2.07. The van der Waals surface area contributed by atoms with Crippen molar-refractivity contribution in [2.24, 2.45) is 0 Å². The minimum atomic E-state index is -0.769. The smallest absolute Gasteiger partial charge is 0.342 e. The fraction of sp³-hybridized carbons (Fsp3) is 0.333. The predicted molar refractivity (Wildman–Crippen MR) is 72.7 cm³/mol. The zero-order valence-corrected chi connectivity index (χ0v) is 10.9. The van der Waals surface area contributed by atoms with Gasteiger partial charge in [0.2, 0.25) is 0 Å². The van der Waals surface area contributed by atoms with Crippen molar-refractivity contribution < 1.29 is 24.9 Å². The molecule has 3 N–H and O–H groups in total. The highest BCUT2D eigenvalue weighted by Gasteiger charge is 2.19. The van der Waals surface area contributed by atoms with E-state index >= 15 is 0 Å². The van der Waals surface area contributed by atoms with E-state index in [2.05, 4.69) is 0 Å². The molecule has 0 saturated heterocycles. The van der Waals surface area contributed by atoms with Gasteiger partial charge in [0.25, 0.3) is 0 Å². The molecule has 2 rings (SSSR count). The number of benzene rings is 1. The van der Waals surface area contributed by atoms with Crippen LogP contribution in [0.3, 0.4) is 0 Å². The topological polar surface area (TPSA) is 87.0 Å². The molecule has 1 aliphatic rings. The molecule has 0 aromatic heterocycles. The number of hydrogen-bond donors (Lipinski definition) is 3. The highest BCUT2D eigenvalue weighted by atomic mass is 16.5. The van der Waals surface area contributed by atoms with Gasteiger partial charge < -0.3 is 20.1 Å². The third-order valence-electron chi connectivity index (χ3n) is 3.09. The van der Waals surface area contributed by atoms with Crippen LogP contribution < -0.4 is 0 Å². The van der Waals surface area contributed by atoms with Gasteiger partial charge in [0.1, 0.15) is 17.9 Å². The summed E-state index contributed by atoms with van der Waals surface area (Å²) in [6, 6.07) is 4.71. The average molecular weight is 277 g/mol. The van der Waals surface area contributed by atoms with Gasteiger partial charge in [-0.2, -0.15) is 0 Å². The summed E-state index contributed by atoms with van der Waals surface area (Å²) < 4.78 is 4.93. The number of hydrogen-bond acceptors (Lipinski definition) is 5. The molecular formula is C15H17O5. The van der Waals surface area contributed by atoms with Gasteiger partial charge in [0.05, 0.1) is 12.2 Å². The minimum Gasteiger partial charge on any atom is -0.507 e. The maximum Gasteiger partial charge on any atom is 0.342 e. The number of cyclic esters (lactones) is 1. The van der Waals surface area contributed by atoms with Gasteiger partial charge >= 0.3 is 5.97 Å². The lowest BCUT2D eigenvalue weighted by molar-refractivity contribution is 0.0493. The predicted octanol–water partition coefficient (Wildman–Crippen LogP) is 1.63. The normalized spacial score (nSPS) is 25.8. The van der Waals surface area contributed by atoms with Crippen LogP contribution in [0.1, 0.15) is 35.2 Å². The Hall–Kier alpha value is -1.85. The molecule has 2 unspecified atom stereocenters. The molecule has 0 spiro atoms. The number of carbonyl (C=O) groups is 1. The highest BCUT2D eigenvalue weighted by molar-refractivity contribution is 5.96. The Morgan fingerprint density at radius 2 is 1.90 bits per heavy atom. The van der Waals surface area contributed by atoms with Crippen LogP contribution in [0.25, 0.3) is 6.08 Å². The molecule has 107 valence electrons. The SMILES string of the molecule is O=C1O[CH]CC(O)CC(O)C/C=C\c2cccc(O)c21. The third kappa shape index (κ3) is 3.59. The van der Waals surface area contributed by atoms with Crippen LogP contribution in [0.5, 0.6) is 5.75 Å². The van der Waals surface area contributed by atoms with Crippen molar-refractivity contribution in [1.29, 1.82) is 0 Å². The van der Waals surface area contributed by atoms with E-state index in [0.717, 1.165) is 0 Å². The van der Waals surface area contributed by atoms with Crippen molar-refractivity contribution in [3.8, 4) is 5.75 Å². The van der Waals surface area contributed by atoms with Crippen molar-refractivity contribution in [1.82, 2.24) is 0 Å². The molecule has 0 saturated carbocycles. The number of phenols is 1. The van der Waals surface area contributed by atoms with E-state index in [0.29, 0.717) is 12.0 Å². The summed E-state index contributed by atoms with van der Waals surface area (Å²) in [6.45, 7) is 1.20. The van der Waals surface area contributed by atoms with Crippen molar-refractivity contribution in [2.75, 3.05) is 0 Å². The number of fused-ring (bicyclic) bond motifs is 1. The van der Waals surface area contributed by atoms with E-state index < -0.39 is 18.2 Å². The minimum absolute atomic E-state index is 0.0737. The molecule has 2 atom stereocenters. The van der Waals surface area contributed by atoms with Crippen LogP contribution in [0, 0.1) is 6.61 Å². The zero-order valence-electron chi connectivity index (χ0n) is 10.9. The average Bonchev–Trinajstić information content (AvgIpc) is 2.37. The van der Waals surface area contributed by atoms with Crippen LogP contribution in [0.15, 0.2) is 24.3 Å². The number of phenolic OH excluding ortho intramolecular Hbond substituents is 1. The number of aliphatic hydroxyl groups is 2. The summed E-state index contributed by atoms with van der Waals surface area (Å²) in [7, 11) is 0. The van der Waals surface area contributed by atoms with Crippen molar-refractivity contribution in [3.05, 3.63) is 42.0 Å². The molecule has 1 radical (unpaired) electrons. The Labute approximate surface area is 117 Å². The van der Waals surface area contributed by atoms with Gasteiger partial charge in [-0.15, -0.1) is 0 Å². The molecule has 5 heteroatoms. The summed E-state index contributed by atoms with van der Waals surface area (Å²) in [5.41, 5.74) is 0.598. The second-order valence-corrected chi connectivity index (χ2v) is 4.73. The molecule has 1 aromatic rings. The van der Waals surface area contributed by atoms with Crippen LogP contribution in [-0.4, -0.2) is 33.5 Å². The third-order valence-corrected chi connectivity index (χ3v) is 3.09. The second kappa shape index (κ2) is 6.54. The van der Waals surface area contributed by atoms with Gasteiger partial charge in [0, 0.05) is 6.42 Å². The first-order chi connectivity index (χ1) is 9.58. The molecular weight excluding hydrogens is 260 g/mol. The maximum atomic E-state index is 11.9. The van der Waals surface area contributed by atoms with Gasteiger partial charge in [-0.25, -0.2) is 4.79 Å². The second-order valence-electron chi connectivity index (χ2n) is 4.73. The van der Waals surface area contributed by atoms with Crippen LogP contribution in [-0.2, 0) is 4.74 Å². The number of aromatic hydroxyl groups is 1. The molecule has 0 amide bonds. The van der Waals surface area contributed by atoms with Crippen molar-refractivity contribution >= 4 is 12.0 Å². The summed E-state index contributed by atoms with van der Waals surface area (Å²) in [5, 5.41) is 29.2. The molecule has 0 fully saturated rings. The van der Waals surface area contributed by atoms with E-state index in [9.17, 15) is 20.1 Å². The van der Waals surface area contributed by atoms with E-state index in [1.165, 1.54) is 12.7 Å². The van der Waals surface area contributed by atoms with Crippen LogP contribution in [0.2, 0.25) is 0 Å². The van der Waals surface area contributed by atoms with E-state index in [1.54, 1.807) is 24.3 Å². The van der Waals surface area contributed by atoms with E-state index in [1.807, 2.05) is 0 Å². The Kier molecular flexibility index (Phi) is 4.76. The summed E-state index contributed by atoms with van der Waals surface area (Å²) in [5.74, 6) is -0.834. The van der Waals surface area contributed by atoms with E-state index in [-0.39, 0.29) is 24.2 Å². The Morgan fingerprint density at radius 3 is 2.70 bits per heavy atom. The number of esters is 1. The van der Waals surface area contributed by atoms with Gasteiger partial charge in [0.15, 0.2) is 0 Å². The van der Waals surface area contributed by atoms with Crippen molar-refractivity contribution in [2.45, 2.75) is 31.5 Å². The van der Waals surface area contributed by atoms with Gasteiger partial charge in [-0.05, 0) is 24.5 Å².